The first kappa shape index (κ1) is 9.84. The van der Waals surface area contributed by atoms with Crippen molar-refractivity contribution in [3.8, 4) is 11.3 Å². The largest absolute Gasteiger partial charge is 0.384 e. The zero-order chi connectivity index (χ0) is 11.8. The van der Waals surface area contributed by atoms with Crippen molar-refractivity contribution >= 4 is 16.6 Å². The quantitative estimate of drug-likeness (QED) is 0.689. The molecule has 0 bridgehead atoms. The lowest BCUT2D eigenvalue weighted by molar-refractivity contribution is 0.921. The number of nitrogen functional groups attached to an aromatic ring is 1. The van der Waals surface area contributed by atoms with Crippen LogP contribution in [0.1, 0.15) is 0 Å². The minimum atomic E-state index is 0.541. The smallest absolute Gasteiger partial charge is 0.123 e. The number of aromatic nitrogens is 3. The number of benzene rings is 1. The molecule has 0 atom stereocenters. The van der Waals surface area contributed by atoms with Crippen LogP contribution in [-0.4, -0.2) is 14.5 Å². The molecule has 0 aliphatic rings. The van der Waals surface area contributed by atoms with E-state index in [2.05, 4.69) is 22.1 Å². The maximum Gasteiger partial charge on any atom is 0.123 e. The predicted molar refractivity (Wildman–Crippen MR) is 68.4 cm³/mol. The topological polar surface area (TPSA) is 56.7 Å². The monoisotopic (exact) mass is 224 g/mol. The molecule has 2 aromatic heterocycles. The van der Waals surface area contributed by atoms with Gasteiger partial charge in [-0.25, -0.2) is 9.97 Å². The second-order valence-corrected chi connectivity index (χ2v) is 4.06. The lowest BCUT2D eigenvalue weighted by atomic mass is 10.1. The van der Waals surface area contributed by atoms with Gasteiger partial charge in [0.05, 0.1) is 18.2 Å². The van der Waals surface area contributed by atoms with E-state index < -0.39 is 0 Å². The first-order valence-electron chi connectivity index (χ1n) is 5.36. The minimum Gasteiger partial charge on any atom is -0.384 e. The predicted octanol–water partition coefficient (Wildman–Crippen LogP) is 2.22. The lowest BCUT2D eigenvalue weighted by Gasteiger charge is -2.04. The summed E-state index contributed by atoms with van der Waals surface area (Å²) in [6.45, 7) is 0. The van der Waals surface area contributed by atoms with Gasteiger partial charge in [0.2, 0.25) is 0 Å². The van der Waals surface area contributed by atoms with E-state index in [4.69, 9.17) is 5.73 Å². The van der Waals surface area contributed by atoms with Gasteiger partial charge in [-0.05, 0) is 17.5 Å². The maximum atomic E-state index is 5.69. The number of nitrogens with two attached hydrogens (primary N) is 1. The first-order valence-corrected chi connectivity index (χ1v) is 5.36. The Morgan fingerprint density at radius 2 is 2.00 bits per heavy atom. The van der Waals surface area contributed by atoms with Gasteiger partial charge in [0.1, 0.15) is 5.82 Å². The summed E-state index contributed by atoms with van der Waals surface area (Å²) in [6, 6.07) is 8.10. The Labute approximate surface area is 98.7 Å². The van der Waals surface area contributed by atoms with Crippen LogP contribution in [-0.2, 0) is 7.05 Å². The normalized spacial score (nSPS) is 10.9. The third-order valence-corrected chi connectivity index (χ3v) is 2.86. The lowest BCUT2D eigenvalue weighted by Crippen LogP contribution is -1.91. The van der Waals surface area contributed by atoms with Crippen LogP contribution in [0.25, 0.3) is 22.0 Å². The van der Waals surface area contributed by atoms with Crippen LogP contribution in [0, 0.1) is 0 Å². The van der Waals surface area contributed by atoms with Crippen molar-refractivity contribution < 1.29 is 0 Å². The van der Waals surface area contributed by atoms with E-state index in [1.54, 1.807) is 12.5 Å². The molecule has 0 unspecified atom stereocenters. The van der Waals surface area contributed by atoms with Crippen molar-refractivity contribution in [3.63, 3.8) is 0 Å². The van der Waals surface area contributed by atoms with Gasteiger partial charge >= 0.3 is 0 Å². The van der Waals surface area contributed by atoms with Gasteiger partial charge in [-0.15, -0.1) is 0 Å². The molecule has 2 heterocycles. The summed E-state index contributed by atoms with van der Waals surface area (Å²) in [5.74, 6) is 0.541. The van der Waals surface area contributed by atoms with E-state index in [9.17, 15) is 0 Å². The first-order chi connectivity index (χ1) is 8.24. The fraction of sp³-hybridized carbons (Fsp3) is 0.0769. The van der Waals surface area contributed by atoms with E-state index in [1.165, 1.54) is 0 Å². The average Bonchev–Trinajstić information content (AvgIpc) is 2.74. The van der Waals surface area contributed by atoms with E-state index in [0.29, 0.717) is 5.82 Å². The van der Waals surface area contributed by atoms with E-state index in [-0.39, 0.29) is 0 Å². The second-order valence-electron chi connectivity index (χ2n) is 4.06. The number of aryl methyl sites for hydroxylation is 1. The Bertz CT molecular complexity index is 685. The number of imidazole rings is 1. The van der Waals surface area contributed by atoms with E-state index in [1.807, 2.05) is 29.9 Å². The van der Waals surface area contributed by atoms with E-state index in [0.717, 1.165) is 22.0 Å². The second kappa shape index (κ2) is 3.59. The molecule has 0 fully saturated rings. The Morgan fingerprint density at radius 1 is 1.12 bits per heavy atom. The van der Waals surface area contributed by atoms with Gasteiger partial charge in [0, 0.05) is 24.2 Å². The molecule has 0 spiro atoms. The van der Waals surface area contributed by atoms with Crippen molar-refractivity contribution in [2.45, 2.75) is 0 Å². The van der Waals surface area contributed by atoms with Crippen LogP contribution >= 0.6 is 0 Å². The van der Waals surface area contributed by atoms with Gasteiger partial charge in [0.25, 0.3) is 0 Å². The Balaban J connectivity index is 2.22. The summed E-state index contributed by atoms with van der Waals surface area (Å²) < 4.78 is 1.99. The molecule has 0 aliphatic carbocycles. The third kappa shape index (κ3) is 1.63. The molecular weight excluding hydrogens is 212 g/mol. The molecular formula is C13H12N4. The third-order valence-electron chi connectivity index (χ3n) is 2.86. The highest BCUT2D eigenvalue weighted by atomic mass is 15.0. The van der Waals surface area contributed by atoms with Crippen LogP contribution in [0.4, 0.5) is 5.82 Å². The van der Waals surface area contributed by atoms with Gasteiger partial charge in [-0.1, -0.05) is 12.1 Å². The molecule has 2 N–H and O–H groups in total. The number of rotatable bonds is 1. The number of hydrogen-bond acceptors (Lipinski definition) is 3. The van der Waals surface area contributed by atoms with Crippen LogP contribution in [0.15, 0.2) is 43.0 Å². The summed E-state index contributed by atoms with van der Waals surface area (Å²) in [7, 11) is 1.98. The zero-order valence-corrected chi connectivity index (χ0v) is 9.46. The Hall–Kier alpha value is -2.36. The number of fused-ring (bicyclic) bond motifs is 1. The molecule has 3 rings (SSSR count). The standard InChI is InChI=1S/C13H12N4/c1-17-8-15-7-12(17)9-2-3-10-6-16-13(14)5-11(10)4-9/h2-8H,1H3,(H2,14,16). The molecule has 1 aromatic carbocycles. The van der Waals surface area contributed by atoms with Crippen molar-refractivity contribution in [2.75, 3.05) is 5.73 Å². The summed E-state index contributed by atoms with van der Waals surface area (Å²) in [5.41, 5.74) is 7.91. The summed E-state index contributed by atoms with van der Waals surface area (Å²) in [5, 5.41) is 2.18. The molecule has 4 heteroatoms. The van der Waals surface area contributed by atoms with Crippen molar-refractivity contribution in [3.05, 3.63) is 43.0 Å². The van der Waals surface area contributed by atoms with Crippen LogP contribution < -0.4 is 5.73 Å². The summed E-state index contributed by atoms with van der Waals surface area (Å²) in [6.07, 6.45) is 5.43. The van der Waals surface area contributed by atoms with Crippen LogP contribution in [0.3, 0.4) is 0 Å². The summed E-state index contributed by atoms with van der Waals surface area (Å²) in [4.78, 5) is 8.20. The number of hydrogen-bond donors (Lipinski definition) is 1. The summed E-state index contributed by atoms with van der Waals surface area (Å²) >= 11 is 0. The Morgan fingerprint density at radius 3 is 2.76 bits per heavy atom. The zero-order valence-electron chi connectivity index (χ0n) is 9.46. The number of nitrogens with zero attached hydrogens (tertiary/aromatic N) is 3. The fourth-order valence-electron chi connectivity index (χ4n) is 1.95. The van der Waals surface area contributed by atoms with Crippen LogP contribution in [0.2, 0.25) is 0 Å². The molecule has 0 saturated heterocycles. The highest BCUT2D eigenvalue weighted by molar-refractivity contribution is 5.87. The molecule has 0 radical (unpaired) electrons. The van der Waals surface area contributed by atoms with E-state index >= 15 is 0 Å². The average molecular weight is 224 g/mol. The molecule has 84 valence electrons. The van der Waals surface area contributed by atoms with Crippen molar-refractivity contribution in [1.29, 1.82) is 0 Å². The number of pyridine rings is 1. The number of anilines is 1. The Kier molecular flexibility index (Phi) is 2.08. The highest BCUT2D eigenvalue weighted by Gasteiger charge is 2.03. The van der Waals surface area contributed by atoms with Crippen molar-refractivity contribution in [2.24, 2.45) is 7.05 Å². The maximum absolute atomic E-state index is 5.69. The highest BCUT2D eigenvalue weighted by Crippen LogP contribution is 2.24. The molecule has 4 nitrogen and oxygen atoms in total. The van der Waals surface area contributed by atoms with Crippen molar-refractivity contribution in [1.82, 2.24) is 14.5 Å². The van der Waals surface area contributed by atoms with Gasteiger partial charge in [-0.2, -0.15) is 0 Å². The fourth-order valence-corrected chi connectivity index (χ4v) is 1.95. The minimum absolute atomic E-state index is 0.541. The van der Waals surface area contributed by atoms with Gasteiger partial charge in [-0.3, -0.25) is 0 Å². The SMILES string of the molecule is Cn1cncc1-c1ccc2cnc(N)cc2c1. The van der Waals surface area contributed by atoms with Crippen LogP contribution in [0.5, 0.6) is 0 Å². The molecule has 0 saturated carbocycles. The van der Waals surface area contributed by atoms with Gasteiger partial charge < -0.3 is 10.3 Å². The molecule has 3 aromatic rings. The molecule has 0 amide bonds. The molecule has 17 heavy (non-hydrogen) atoms. The van der Waals surface area contributed by atoms with Gasteiger partial charge in [0.15, 0.2) is 0 Å². The molecule has 0 aliphatic heterocycles.